The van der Waals surface area contributed by atoms with E-state index in [9.17, 15) is 14.3 Å². The Hall–Kier alpha value is -2.44. The Morgan fingerprint density at radius 3 is 2.33 bits per heavy atom. The highest BCUT2D eigenvalue weighted by atomic mass is 19.1. The third-order valence-electron chi connectivity index (χ3n) is 3.67. The molecule has 128 valence electrons. The standard InChI is InChI=1S/C18H21FN2O3/c19-15-8-6-14(7-9-15)11-20-12-17(22)16(21-18(23)24)10-13-4-2-1-3-5-13/h1-9,16-17,20-22H,10-12H2,(H,23,24). The summed E-state index contributed by atoms with van der Waals surface area (Å²) in [7, 11) is 0. The number of carbonyl (C=O) groups is 1. The molecule has 0 radical (unpaired) electrons. The molecule has 2 aromatic carbocycles. The zero-order valence-corrected chi connectivity index (χ0v) is 13.2. The second kappa shape index (κ2) is 9.00. The quantitative estimate of drug-likeness (QED) is 0.597. The van der Waals surface area contributed by atoms with Gasteiger partial charge in [0.2, 0.25) is 0 Å². The molecule has 0 aromatic heterocycles. The molecule has 0 aliphatic rings. The first-order chi connectivity index (χ1) is 11.5. The van der Waals surface area contributed by atoms with Crippen LogP contribution < -0.4 is 10.6 Å². The lowest BCUT2D eigenvalue weighted by Gasteiger charge is -2.23. The van der Waals surface area contributed by atoms with Crippen LogP contribution in [0.4, 0.5) is 9.18 Å². The lowest BCUT2D eigenvalue weighted by atomic mass is 10.0. The summed E-state index contributed by atoms with van der Waals surface area (Å²) in [5.41, 5.74) is 1.82. The fourth-order valence-electron chi connectivity index (χ4n) is 2.42. The van der Waals surface area contributed by atoms with Gasteiger partial charge in [0.15, 0.2) is 0 Å². The summed E-state index contributed by atoms with van der Waals surface area (Å²) in [6.07, 6.45) is -1.66. The molecule has 6 heteroatoms. The van der Waals surface area contributed by atoms with Crippen molar-refractivity contribution in [3.8, 4) is 0 Å². The van der Waals surface area contributed by atoms with Crippen LogP contribution in [0.2, 0.25) is 0 Å². The minimum Gasteiger partial charge on any atom is -0.465 e. The van der Waals surface area contributed by atoms with Gasteiger partial charge >= 0.3 is 6.09 Å². The summed E-state index contributed by atoms with van der Waals surface area (Å²) in [4.78, 5) is 11.0. The van der Waals surface area contributed by atoms with E-state index in [-0.39, 0.29) is 12.4 Å². The van der Waals surface area contributed by atoms with Crippen molar-refractivity contribution in [1.29, 1.82) is 0 Å². The Balaban J connectivity index is 1.88. The van der Waals surface area contributed by atoms with Gasteiger partial charge in [-0.25, -0.2) is 9.18 Å². The fourth-order valence-corrected chi connectivity index (χ4v) is 2.42. The van der Waals surface area contributed by atoms with Gasteiger partial charge in [-0.1, -0.05) is 42.5 Å². The smallest absolute Gasteiger partial charge is 0.404 e. The van der Waals surface area contributed by atoms with E-state index in [4.69, 9.17) is 5.11 Å². The van der Waals surface area contributed by atoms with Crippen molar-refractivity contribution in [2.45, 2.75) is 25.1 Å². The lowest BCUT2D eigenvalue weighted by Crippen LogP contribution is -2.48. The minimum atomic E-state index is -1.17. The molecule has 0 fully saturated rings. The van der Waals surface area contributed by atoms with Crippen molar-refractivity contribution in [3.05, 3.63) is 71.5 Å². The SMILES string of the molecule is O=C(O)NC(Cc1ccccc1)C(O)CNCc1ccc(F)cc1. The molecule has 0 saturated heterocycles. The van der Waals surface area contributed by atoms with E-state index in [1.165, 1.54) is 12.1 Å². The number of aliphatic hydroxyl groups excluding tert-OH is 1. The highest BCUT2D eigenvalue weighted by Crippen LogP contribution is 2.07. The van der Waals surface area contributed by atoms with Gasteiger partial charge in [-0.05, 0) is 29.7 Å². The van der Waals surface area contributed by atoms with Crippen LogP contribution in [0.15, 0.2) is 54.6 Å². The molecule has 0 saturated carbocycles. The monoisotopic (exact) mass is 332 g/mol. The van der Waals surface area contributed by atoms with Crippen LogP contribution in [-0.2, 0) is 13.0 Å². The molecular formula is C18H21FN2O3. The van der Waals surface area contributed by atoms with Gasteiger partial charge in [-0.15, -0.1) is 0 Å². The summed E-state index contributed by atoms with van der Waals surface area (Å²) < 4.78 is 12.8. The average molecular weight is 332 g/mol. The molecule has 0 heterocycles. The van der Waals surface area contributed by atoms with Crippen molar-refractivity contribution in [1.82, 2.24) is 10.6 Å². The largest absolute Gasteiger partial charge is 0.465 e. The Morgan fingerprint density at radius 2 is 1.71 bits per heavy atom. The first kappa shape index (κ1) is 17.9. The number of benzene rings is 2. The van der Waals surface area contributed by atoms with Gasteiger partial charge in [0, 0.05) is 13.1 Å². The highest BCUT2D eigenvalue weighted by molar-refractivity contribution is 5.65. The summed E-state index contributed by atoms with van der Waals surface area (Å²) >= 11 is 0. The van der Waals surface area contributed by atoms with Crippen molar-refractivity contribution in [2.24, 2.45) is 0 Å². The molecule has 0 aliphatic carbocycles. The first-order valence-electron chi connectivity index (χ1n) is 7.71. The van der Waals surface area contributed by atoms with E-state index in [0.29, 0.717) is 13.0 Å². The molecule has 4 N–H and O–H groups in total. The number of nitrogens with one attached hydrogen (secondary N) is 2. The molecular weight excluding hydrogens is 311 g/mol. The van der Waals surface area contributed by atoms with E-state index in [1.54, 1.807) is 12.1 Å². The van der Waals surface area contributed by atoms with E-state index < -0.39 is 18.2 Å². The second-order valence-electron chi connectivity index (χ2n) is 5.57. The van der Waals surface area contributed by atoms with E-state index in [0.717, 1.165) is 11.1 Å². The van der Waals surface area contributed by atoms with Crippen LogP contribution in [-0.4, -0.2) is 35.0 Å². The highest BCUT2D eigenvalue weighted by Gasteiger charge is 2.21. The van der Waals surface area contributed by atoms with Gasteiger partial charge in [0.25, 0.3) is 0 Å². The Morgan fingerprint density at radius 1 is 1.04 bits per heavy atom. The van der Waals surface area contributed by atoms with Crippen LogP contribution in [0.25, 0.3) is 0 Å². The molecule has 2 aromatic rings. The molecule has 2 rings (SSSR count). The summed E-state index contributed by atoms with van der Waals surface area (Å²) in [6, 6.07) is 14.8. The van der Waals surface area contributed by atoms with Crippen molar-refractivity contribution in [2.75, 3.05) is 6.54 Å². The summed E-state index contributed by atoms with van der Waals surface area (Å²) in [5.74, 6) is -0.299. The van der Waals surface area contributed by atoms with E-state index >= 15 is 0 Å². The predicted molar refractivity (Wildman–Crippen MR) is 89.2 cm³/mol. The zero-order chi connectivity index (χ0) is 17.4. The van der Waals surface area contributed by atoms with Crippen LogP contribution in [0, 0.1) is 5.82 Å². The molecule has 0 bridgehead atoms. The van der Waals surface area contributed by atoms with Gasteiger partial charge in [-0.2, -0.15) is 0 Å². The molecule has 5 nitrogen and oxygen atoms in total. The molecule has 0 spiro atoms. The maximum Gasteiger partial charge on any atom is 0.404 e. The molecule has 2 atom stereocenters. The Labute approximate surface area is 140 Å². The number of rotatable bonds is 8. The van der Waals surface area contributed by atoms with Crippen LogP contribution >= 0.6 is 0 Å². The zero-order valence-electron chi connectivity index (χ0n) is 13.2. The molecule has 24 heavy (non-hydrogen) atoms. The Bertz CT molecular complexity index is 634. The van der Waals surface area contributed by atoms with Crippen molar-refractivity contribution >= 4 is 6.09 Å². The van der Waals surface area contributed by atoms with Crippen LogP contribution in [0.3, 0.4) is 0 Å². The van der Waals surface area contributed by atoms with Crippen LogP contribution in [0.1, 0.15) is 11.1 Å². The maximum absolute atomic E-state index is 12.8. The Kier molecular flexibility index (Phi) is 6.72. The number of hydrogen-bond donors (Lipinski definition) is 4. The number of amides is 1. The maximum atomic E-state index is 12.8. The van der Waals surface area contributed by atoms with Crippen molar-refractivity contribution < 1.29 is 19.4 Å². The average Bonchev–Trinajstić information content (AvgIpc) is 2.56. The van der Waals surface area contributed by atoms with Gasteiger partial charge in [0.05, 0.1) is 12.1 Å². The minimum absolute atomic E-state index is 0.217. The first-order valence-corrected chi connectivity index (χ1v) is 7.71. The third kappa shape index (κ3) is 5.98. The van der Waals surface area contributed by atoms with Crippen LogP contribution in [0.5, 0.6) is 0 Å². The topological polar surface area (TPSA) is 81.6 Å². The summed E-state index contributed by atoms with van der Waals surface area (Å²) in [6.45, 7) is 0.678. The molecule has 2 unspecified atom stereocenters. The van der Waals surface area contributed by atoms with E-state index in [1.807, 2.05) is 30.3 Å². The van der Waals surface area contributed by atoms with Crippen molar-refractivity contribution in [3.63, 3.8) is 0 Å². The number of aliphatic hydroxyl groups is 1. The lowest BCUT2D eigenvalue weighted by molar-refractivity contribution is 0.117. The normalized spacial score (nSPS) is 13.2. The third-order valence-corrected chi connectivity index (χ3v) is 3.67. The molecule has 1 amide bonds. The molecule has 0 aliphatic heterocycles. The van der Waals surface area contributed by atoms with Gasteiger partial charge in [0.1, 0.15) is 5.82 Å². The van der Waals surface area contributed by atoms with Gasteiger partial charge < -0.3 is 20.8 Å². The van der Waals surface area contributed by atoms with E-state index in [2.05, 4.69) is 10.6 Å². The number of halogens is 1. The fraction of sp³-hybridized carbons (Fsp3) is 0.278. The van der Waals surface area contributed by atoms with Gasteiger partial charge in [-0.3, -0.25) is 0 Å². The number of hydrogen-bond acceptors (Lipinski definition) is 3. The number of carboxylic acid groups (broad SMARTS) is 1. The second-order valence-corrected chi connectivity index (χ2v) is 5.57. The predicted octanol–water partition coefficient (Wildman–Crippen LogP) is 2.16. The summed E-state index contributed by atoms with van der Waals surface area (Å²) in [5, 5.41) is 24.7.